The molecule has 0 bridgehead atoms. The molecule has 1 atom stereocenters. The molecule has 5 heteroatoms. The number of anilines is 1. The molecule has 0 heterocycles. The smallest absolute Gasteiger partial charge is 0.224 e. The molecule has 4 nitrogen and oxygen atoms in total. The van der Waals surface area contributed by atoms with Crippen LogP contribution < -0.4 is 10.2 Å². The molecule has 0 spiro atoms. The van der Waals surface area contributed by atoms with Gasteiger partial charge in [0.05, 0.1) is 12.5 Å². The summed E-state index contributed by atoms with van der Waals surface area (Å²) in [5.41, 5.74) is 1.53. The third kappa shape index (κ3) is 3.37. The first-order valence-electron chi connectivity index (χ1n) is 5.82. The summed E-state index contributed by atoms with van der Waals surface area (Å²) in [6, 6.07) is 5.46. The Morgan fingerprint density at radius 3 is 2.78 bits per heavy atom. The first kappa shape index (κ1) is 14.8. The summed E-state index contributed by atoms with van der Waals surface area (Å²) in [4.78, 5) is 13.4. The van der Waals surface area contributed by atoms with Crippen molar-refractivity contribution >= 4 is 23.2 Å². The predicted molar refractivity (Wildman–Crippen MR) is 73.9 cm³/mol. The Hall–Kier alpha value is -1.26. The van der Waals surface area contributed by atoms with Crippen LogP contribution in [0.2, 0.25) is 5.02 Å². The number of hydrogen-bond acceptors (Lipinski definition) is 3. The van der Waals surface area contributed by atoms with Crippen LogP contribution in [-0.4, -0.2) is 31.7 Å². The van der Waals surface area contributed by atoms with Gasteiger partial charge in [-0.25, -0.2) is 0 Å². The quantitative estimate of drug-likeness (QED) is 0.855. The minimum atomic E-state index is -0.134. The molecule has 0 aliphatic heterocycles. The second-order valence-corrected chi connectivity index (χ2v) is 4.70. The number of aliphatic hydroxyl groups excluding tert-OH is 1. The lowest BCUT2D eigenvalue weighted by Crippen LogP contribution is -2.34. The summed E-state index contributed by atoms with van der Waals surface area (Å²) in [5, 5.41) is 12.5. The highest BCUT2D eigenvalue weighted by Gasteiger charge is 2.16. The van der Waals surface area contributed by atoms with E-state index in [1.807, 2.05) is 31.0 Å². The molecule has 0 saturated heterocycles. The third-order valence-electron chi connectivity index (χ3n) is 2.91. The lowest BCUT2D eigenvalue weighted by Gasteiger charge is -2.25. The van der Waals surface area contributed by atoms with Crippen molar-refractivity contribution < 1.29 is 9.90 Å². The molecule has 0 saturated carbocycles. The Labute approximate surface area is 113 Å². The van der Waals surface area contributed by atoms with Crippen LogP contribution in [-0.2, 0) is 11.4 Å². The van der Waals surface area contributed by atoms with E-state index in [9.17, 15) is 9.90 Å². The van der Waals surface area contributed by atoms with E-state index in [-0.39, 0.29) is 18.4 Å². The van der Waals surface area contributed by atoms with E-state index in [1.165, 1.54) is 0 Å². The maximum absolute atomic E-state index is 11.5. The number of benzene rings is 1. The monoisotopic (exact) mass is 270 g/mol. The van der Waals surface area contributed by atoms with Gasteiger partial charge in [-0.05, 0) is 12.1 Å². The molecule has 1 unspecified atom stereocenters. The Balaban J connectivity index is 2.87. The lowest BCUT2D eigenvalue weighted by molar-refractivity contribution is -0.123. The summed E-state index contributed by atoms with van der Waals surface area (Å²) in [7, 11) is 3.50. The van der Waals surface area contributed by atoms with Crippen LogP contribution in [0.25, 0.3) is 0 Å². The highest BCUT2D eigenvalue weighted by atomic mass is 35.5. The Morgan fingerprint density at radius 2 is 2.22 bits per heavy atom. The molecule has 1 aromatic carbocycles. The minimum Gasteiger partial charge on any atom is -0.392 e. The number of carbonyl (C=O) groups is 1. The molecule has 0 fully saturated rings. The van der Waals surface area contributed by atoms with Crippen molar-refractivity contribution in [3.05, 3.63) is 28.8 Å². The molecular formula is C13H19ClN2O2. The fraction of sp³-hybridized carbons (Fsp3) is 0.462. The maximum atomic E-state index is 11.5. The largest absolute Gasteiger partial charge is 0.392 e. The number of nitrogens with zero attached hydrogens (tertiary/aromatic N) is 1. The molecule has 0 aliphatic rings. The molecule has 2 N–H and O–H groups in total. The number of halogens is 1. The number of hydrogen-bond donors (Lipinski definition) is 2. The summed E-state index contributed by atoms with van der Waals surface area (Å²) in [6.07, 6.45) is 0. The van der Waals surface area contributed by atoms with Crippen molar-refractivity contribution in [2.75, 3.05) is 25.5 Å². The van der Waals surface area contributed by atoms with Gasteiger partial charge >= 0.3 is 0 Å². The van der Waals surface area contributed by atoms with Gasteiger partial charge in [0.1, 0.15) is 0 Å². The van der Waals surface area contributed by atoms with E-state index in [4.69, 9.17) is 11.6 Å². The number of rotatable bonds is 5. The van der Waals surface area contributed by atoms with E-state index < -0.39 is 0 Å². The Bertz CT molecular complexity index is 423. The van der Waals surface area contributed by atoms with Gasteiger partial charge in [0.2, 0.25) is 5.91 Å². The number of nitrogens with one attached hydrogen (secondary N) is 1. The van der Waals surface area contributed by atoms with Crippen molar-refractivity contribution in [1.29, 1.82) is 0 Å². The summed E-state index contributed by atoms with van der Waals surface area (Å²) in [6.45, 7) is 2.30. The van der Waals surface area contributed by atoms with Gasteiger partial charge in [-0.1, -0.05) is 24.6 Å². The average molecular weight is 271 g/mol. The molecule has 0 radical (unpaired) electrons. The number of carbonyl (C=O) groups excluding carboxylic acids is 1. The summed E-state index contributed by atoms with van der Waals surface area (Å²) < 4.78 is 0. The van der Waals surface area contributed by atoms with Crippen LogP contribution in [0.15, 0.2) is 18.2 Å². The van der Waals surface area contributed by atoms with Gasteiger partial charge in [0, 0.05) is 36.9 Å². The Kier molecular flexibility index (Phi) is 5.44. The second kappa shape index (κ2) is 6.61. The van der Waals surface area contributed by atoms with Crippen molar-refractivity contribution in [2.24, 2.45) is 5.92 Å². The van der Waals surface area contributed by atoms with Crippen molar-refractivity contribution in [3.8, 4) is 0 Å². The van der Waals surface area contributed by atoms with Crippen LogP contribution in [0.5, 0.6) is 0 Å². The van der Waals surface area contributed by atoms with Crippen LogP contribution in [0.4, 0.5) is 5.69 Å². The molecule has 100 valence electrons. The average Bonchev–Trinajstić information content (AvgIpc) is 2.37. The standard InChI is InChI=1S/C13H19ClN2O2/c1-9(13(18)15-2)7-16(3)12-6-4-5-11(14)10(12)8-17/h4-6,9,17H,7-8H2,1-3H3,(H,15,18). The molecular weight excluding hydrogens is 252 g/mol. The fourth-order valence-corrected chi connectivity index (χ4v) is 2.13. The SMILES string of the molecule is CNC(=O)C(C)CN(C)c1cccc(Cl)c1CO. The number of amides is 1. The van der Waals surface area contributed by atoms with Gasteiger partial charge in [-0.15, -0.1) is 0 Å². The summed E-state index contributed by atoms with van der Waals surface area (Å²) >= 11 is 6.03. The highest BCUT2D eigenvalue weighted by Crippen LogP contribution is 2.27. The zero-order valence-electron chi connectivity index (χ0n) is 10.9. The van der Waals surface area contributed by atoms with Gasteiger partial charge in [0.15, 0.2) is 0 Å². The van der Waals surface area contributed by atoms with E-state index in [2.05, 4.69) is 5.32 Å². The van der Waals surface area contributed by atoms with E-state index in [1.54, 1.807) is 13.1 Å². The first-order valence-corrected chi connectivity index (χ1v) is 6.20. The van der Waals surface area contributed by atoms with Gasteiger partial charge in [-0.2, -0.15) is 0 Å². The maximum Gasteiger partial charge on any atom is 0.224 e. The van der Waals surface area contributed by atoms with E-state index in [0.717, 1.165) is 5.69 Å². The molecule has 0 aliphatic carbocycles. The Morgan fingerprint density at radius 1 is 1.56 bits per heavy atom. The molecule has 0 aromatic heterocycles. The minimum absolute atomic E-state index is 0.00516. The molecule has 1 aromatic rings. The highest BCUT2D eigenvalue weighted by molar-refractivity contribution is 6.31. The van der Waals surface area contributed by atoms with Gasteiger partial charge < -0.3 is 15.3 Å². The molecule has 1 rings (SSSR count). The molecule has 18 heavy (non-hydrogen) atoms. The van der Waals surface area contributed by atoms with Crippen LogP contribution in [0.1, 0.15) is 12.5 Å². The first-order chi connectivity index (χ1) is 8.51. The normalized spacial score (nSPS) is 12.1. The zero-order valence-corrected chi connectivity index (χ0v) is 11.7. The zero-order chi connectivity index (χ0) is 13.7. The van der Waals surface area contributed by atoms with Crippen LogP contribution in [0, 0.1) is 5.92 Å². The van der Waals surface area contributed by atoms with Gasteiger partial charge in [0.25, 0.3) is 0 Å². The molecule has 1 amide bonds. The van der Waals surface area contributed by atoms with E-state index >= 15 is 0 Å². The lowest BCUT2D eigenvalue weighted by atomic mass is 10.1. The fourth-order valence-electron chi connectivity index (χ4n) is 1.90. The second-order valence-electron chi connectivity index (χ2n) is 4.29. The van der Waals surface area contributed by atoms with E-state index in [0.29, 0.717) is 17.1 Å². The van der Waals surface area contributed by atoms with Crippen molar-refractivity contribution in [3.63, 3.8) is 0 Å². The van der Waals surface area contributed by atoms with Crippen molar-refractivity contribution in [1.82, 2.24) is 5.32 Å². The van der Waals surface area contributed by atoms with Crippen molar-refractivity contribution in [2.45, 2.75) is 13.5 Å². The number of aliphatic hydroxyl groups is 1. The van der Waals surface area contributed by atoms with Crippen LogP contribution in [0.3, 0.4) is 0 Å². The van der Waals surface area contributed by atoms with Gasteiger partial charge in [-0.3, -0.25) is 4.79 Å². The van der Waals surface area contributed by atoms with Crippen LogP contribution >= 0.6 is 11.6 Å². The predicted octanol–water partition coefficient (Wildman–Crippen LogP) is 1.65. The third-order valence-corrected chi connectivity index (χ3v) is 3.26. The topological polar surface area (TPSA) is 52.6 Å². The summed E-state index contributed by atoms with van der Waals surface area (Å²) in [5.74, 6) is -0.139.